The number of ketones is 1. The molecule has 1 N–H and O–H groups in total. The smallest absolute Gasteiger partial charge is 0.166 e. The number of benzene rings is 1. The van der Waals surface area contributed by atoms with Crippen LogP contribution in [0.25, 0.3) is 0 Å². The van der Waals surface area contributed by atoms with Gasteiger partial charge in [-0.2, -0.15) is 0 Å². The highest BCUT2D eigenvalue weighted by molar-refractivity contribution is 5.99. The summed E-state index contributed by atoms with van der Waals surface area (Å²) in [6.45, 7) is 2.21. The van der Waals surface area contributed by atoms with Crippen molar-refractivity contribution in [3.05, 3.63) is 23.8 Å². The molecule has 0 unspecified atom stereocenters. The molecule has 0 amide bonds. The van der Waals surface area contributed by atoms with Crippen molar-refractivity contribution in [3.8, 4) is 11.5 Å². The number of carbonyl (C=O) groups is 1. The van der Waals surface area contributed by atoms with Gasteiger partial charge in [0.15, 0.2) is 5.78 Å². The summed E-state index contributed by atoms with van der Waals surface area (Å²) < 4.78 is 5.16. The molecule has 1 rings (SSSR count). The van der Waals surface area contributed by atoms with E-state index in [1.807, 2.05) is 0 Å². The molecule has 0 aliphatic carbocycles. The standard InChI is InChI=1S/C17H26O3/c1-3-4-5-6-7-8-9-10-16(19)15-13-14(18)11-12-17(15)20-2/h11-13,18H,3-10H2,1-2H3. The predicted octanol–water partition coefficient (Wildman–Crippen LogP) is 4.72. The van der Waals surface area contributed by atoms with Gasteiger partial charge in [0, 0.05) is 6.42 Å². The molecule has 0 atom stereocenters. The SMILES string of the molecule is CCCCCCCCCC(=O)c1cc(O)ccc1OC. The first kappa shape index (κ1) is 16.5. The molecule has 1 aromatic carbocycles. The molecule has 3 nitrogen and oxygen atoms in total. The Morgan fingerprint density at radius 3 is 2.40 bits per heavy atom. The Hall–Kier alpha value is -1.51. The minimum atomic E-state index is 0.0475. The van der Waals surface area contributed by atoms with Crippen molar-refractivity contribution in [1.82, 2.24) is 0 Å². The van der Waals surface area contributed by atoms with Crippen LogP contribution in [0.4, 0.5) is 0 Å². The monoisotopic (exact) mass is 278 g/mol. The number of phenols is 1. The van der Waals surface area contributed by atoms with Gasteiger partial charge in [0.05, 0.1) is 12.7 Å². The van der Waals surface area contributed by atoms with Crippen molar-refractivity contribution in [2.24, 2.45) is 0 Å². The third kappa shape index (κ3) is 5.64. The Morgan fingerprint density at radius 1 is 1.10 bits per heavy atom. The van der Waals surface area contributed by atoms with Crippen LogP contribution in [0.3, 0.4) is 0 Å². The van der Waals surface area contributed by atoms with Gasteiger partial charge in [0.1, 0.15) is 11.5 Å². The molecule has 112 valence electrons. The molecule has 0 saturated carbocycles. The van der Waals surface area contributed by atoms with Crippen LogP contribution in [0, 0.1) is 0 Å². The Kier molecular flexibility index (Phi) is 7.78. The van der Waals surface area contributed by atoms with Gasteiger partial charge in [-0.25, -0.2) is 0 Å². The summed E-state index contributed by atoms with van der Waals surface area (Å²) in [6.07, 6.45) is 8.84. The Labute approximate surface area is 122 Å². The number of phenolic OH excluding ortho intramolecular Hbond substituents is 1. The van der Waals surface area contributed by atoms with Gasteiger partial charge in [-0.1, -0.05) is 45.4 Å². The molecule has 0 aliphatic rings. The molecule has 20 heavy (non-hydrogen) atoms. The van der Waals surface area contributed by atoms with Crippen LogP contribution in [0.1, 0.15) is 68.6 Å². The van der Waals surface area contributed by atoms with Crippen LogP contribution in [0.5, 0.6) is 11.5 Å². The van der Waals surface area contributed by atoms with Crippen LogP contribution in [-0.4, -0.2) is 18.0 Å². The Balaban J connectivity index is 2.34. The van der Waals surface area contributed by atoms with Crippen molar-refractivity contribution in [3.63, 3.8) is 0 Å². The average Bonchev–Trinajstić information content (AvgIpc) is 2.46. The number of hydrogen-bond donors (Lipinski definition) is 1. The van der Waals surface area contributed by atoms with E-state index in [0.717, 1.165) is 12.8 Å². The van der Waals surface area contributed by atoms with E-state index >= 15 is 0 Å². The molecule has 0 aromatic heterocycles. The normalized spacial score (nSPS) is 10.5. The summed E-state index contributed by atoms with van der Waals surface area (Å²) in [5.41, 5.74) is 0.485. The summed E-state index contributed by atoms with van der Waals surface area (Å²) in [4.78, 5) is 12.1. The summed E-state index contributed by atoms with van der Waals surface area (Å²) in [6, 6.07) is 4.65. The molecular formula is C17H26O3. The van der Waals surface area contributed by atoms with Crippen molar-refractivity contribution in [1.29, 1.82) is 0 Å². The lowest BCUT2D eigenvalue weighted by molar-refractivity contribution is 0.0975. The van der Waals surface area contributed by atoms with Crippen LogP contribution in [-0.2, 0) is 0 Å². The number of hydrogen-bond acceptors (Lipinski definition) is 3. The molecule has 0 heterocycles. The minimum Gasteiger partial charge on any atom is -0.508 e. The van der Waals surface area contributed by atoms with E-state index in [2.05, 4.69) is 6.92 Å². The van der Waals surface area contributed by atoms with Gasteiger partial charge in [-0.05, 0) is 24.6 Å². The third-order valence-electron chi connectivity index (χ3n) is 3.49. The van der Waals surface area contributed by atoms with Crippen molar-refractivity contribution in [2.45, 2.75) is 58.3 Å². The van der Waals surface area contributed by atoms with Gasteiger partial charge in [-0.3, -0.25) is 4.79 Å². The fourth-order valence-corrected chi connectivity index (χ4v) is 2.29. The molecule has 0 bridgehead atoms. The fraction of sp³-hybridized carbons (Fsp3) is 0.588. The van der Waals surface area contributed by atoms with Crippen LogP contribution < -0.4 is 4.74 Å². The van der Waals surface area contributed by atoms with Crippen molar-refractivity contribution < 1.29 is 14.6 Å². The fourth-order valence-electron chi connectivity index (χ4n) is 2.29. The topological polar surface area (TPSA) is 46.5 Å². The molecule has 0 saturated heterocycles. The highest BCUT2D eigenvalue weighted by Gasteiger charge is 2.12. The second kappa shape index (κ2) is 9.40. The summed E-state index contributed by atoms with van der Waals surface area (Å²) >= 11 is 0. The lowest BCUT2D eigenvalue weighted by Crippen LogP contribution is -2.02. The van der Waals surface area contributed by atoms with Crippen molar-refractivity contribution >= 4 is 5.78 Å². The minimum absolute atomic E-state index is 0.0475. The maximum atomic E-state index is 12.1. The number of ether oxygens (including phenoxy) is 1. The van der Waals surface area contributed by atoms with Gasteiger partial charge in [0.25, 0.3) is 0 Å². The highest BCUT2D eigenvalue weighted by Crippen LogP contribution is 2.25. The van der Waals surface area contributed by atoms with Crippen LogP contribution >= 0.6 is 0 Å². The molecule has 3 heteroatoms. The van der Waals surface area contributed by atoms with E-state index in [-0.39, 0.29) is 11.5 Å². The number of Topliss-reactive ketones (excluding diaryl/α,β-unsaturated/α-hetero) is 1. The summed E-state index contributed by atoms with van der Waals surface area (Å²) in [5, 5.41) is 9.47. The lowest BCUT2D eigenvalue weighted by Gasteiger charge is -2.08. The molecule has 0 aliphatic heterocycles. The van der Waals surface area contributed by atoms with E-state index in [4.69, 9.17) is 4.74 Å². The lowest BCUT2D eigenvalue weighted by atomic mass is 10.0. The largest absolute Gasteiger partial charge is 0.508 e. The first-order chi connectivity index (χ1) is 9.69. The maximum Gasteiger partial charge on any atom is 0.166 e. The first-order valence-electron chi connectivity index (χ1n) is 7.59. The molecule has 1 aromatic rings. The zero-order valence-corrected chi connectivity index (χ0v) is 12.7. The van der Waals surface area contributed by atoms with Crippen LogP contribution in [0.2, 0.25) is 0 Å². The quantitative estimate of drug-likeness (QED) is 0.497. The molecule has 0 spiro atoms. The van der Waals surface area contributed by atoms with E-state index in [1.54, 1.807) is 6.07 Å². The third-order valence-corrected chi connectivity index (χ3v) is 3.49. The maximum absolute atomic E-state index is 12.1. The van der Waals surface area contributed by atoms with Gasteiger partial charge < -0.3 is 9.84 Å². The second-order valence-corrected chi connectivity index (χ2v) is 5.18. The summed E-state index contributed by atoms with van der Waals surface area (Å²) in [5.74, 6) is 0.691. The van der Waals surface area contributed by atoms with Gasteiger partial charge in [0.2, 0.25) is 0 Å². The van der Waals surface area contributed by atoms with E-state index in [0.29, 0.717) is 17.7 Å². The van der Waals surface area contributed by atoms with E-state index < -0.39 is 0 Å². The van der Waals surface area contributed by atoms with Gasteiger partial charge in [-0.15, -0.1) is 0 Å². The molecule has 0 fully saturated rings. The predicted molar refractivity (Wildman–Crippen MR) is 81.6 cm³/mol. The zero-order chi connectivity index (χ0) is 14.8. The van der Waals surface area contributed by atoms with Crippen molar-refractivity contribution in [2.75, 3.05) is 7.11 Å². The number of rotatable bonds is 10. The second-order valence-electron chi connectivity index (χ2n) is 5.18. The van der Waals surface area contributed by atoms with E-state index in [1.165, 1.54) is 51.3 Å². The molecular weight excluding hydrogens is 252 g/mol. The van der Waals surface area contributed by atoms with E-state index in [9.17, 15) is 9.90 Å². The Bertz CT molecular complexity index is 413. The number of unbranched alkanes of at least 4 members (excludes halogenated alkanes) is 6. The number of aromatic hydroxyl groups is 1. The first-order valence-corrected chi connectivity index (χ1v) is 7.59. The zero-order valence-electron chi connectivity index (χ0n) is 12.7. The highest BCUT2D eigenvalue weighted by atomic mass is 16.5. The Morgan fingerprint density at radius 2 is 1.75 bits per heavy atom. The molecule has 0 radical (unpaired) electrons. The van der Waals surface area contributed by atoms with Gasteiger partial charge >= 0.3 is 0 Å². The van der Waals surface area contributed by atoms with Crippen LogP contribution in [0.15, 0.2) is 18.2 Å². The number of methoxy groups -OCH3 is 1. The summed E-state index contributed by atoms with van der Waals surface area (Å²) in [7, 11) is 1.54. The average molecular weight is 278 g/mol. The number of carbonyl (C=O) groups excluding carboxylic acids is 1.